The number of aromatic amines is 2. The second-order valence-electron chi connectivity index (χ2n) is 8.20. The van der Waals surface area contributed by atoms with Gasteiger partial charge in [0.1, 0.15) is 11.5 Å². The van der Waals surface area contributed by atoms with Gasteiger partial charge in [-0.25, -0.2) is 14.5 Å². The third kappa shape index (κ3) is 3.72. The molecule has 11 heteroatoms. The zero-order chi connectivity index (χ0) is 23.2. The van der Waals surface area contributed by atoms with Gasteiger partial charge in [-0.1, -0.05) is 0 Å². The van der Waals surface area contributed by atoms with E-state index < -0.39 is 5.69 Å². The number of nitrogens with zero attached hydrogens (tertiary/aromatic N) is 6. The molecule has 1 aliphatic carbocycles. The van der Waals surface area contributed by atoms with Gasteiger partial charge in [0.15, 0.2) is 11.1 Å². The molecule has 1 aliphatic rings. The van der Waals surface area contributed by atoms with E-state index in [1.54, 1.807) is 21.5 Å². The van der Waals surface area contributed by atoms with E-state index in [1.807, 2.05) is 49.5 Å². The number of aromatic hydroxyl groups is 1. The second kappa shape index (κ2) is 7.73. The second-order valence-corrected chi connectivity index (χ2v) is 8.20. The summed E-state index contributed by atoms with van der Waals surface area (Å²) < 4.78 is 3.49. The van der Waals surface area contributed by atoms with E-state index >= 15 is 0 Å². The quantitative estimate of drug-likeness (QED) is 0.315. The van der Waals surface area contributed by atoms with Gasteiger partial charge in [-0.05, 0) is 56.2 Å². The average Bonchev–Trinajstić information content (AvgIpc) is 3.20. The number of benzene rings is 1. The molecule has 0 radical (unpaired) electrons. The first-order valence-corrected chi connectivity index (χ1v) is 10.9. The van der Waals surface area contributed by atoms with Gasteiger partial charge in [0.05, 0.1) is 17.4 Å². The highest BCUT2D eigenvalue weighted by molar-refractivity contribution is 5.63. The minimum Gasteiger partial charge on any atom is -0.493 e. The fourth-order valence-corrected chi connectivity index (χ4v) is 3.74. The molecule has 34 heavy (non-hydrogen) atoms. The molecule has 4 aromatic heterocycles. The molecule has 11 nitrogen and oxygen atoms in total. The number of hydrogen-bond donors (Lipinski definition) is 4. The van der Waals surface area contributed by atoms with Crippen LogP contribution in [0.5, 0.6) is 5.88 Å². The van der Waals surface area contributed by atoms with Gasteiger partial charge in [0.2, 0.25) is 5.88 Å². The number of aryl methyl sites for hydroxylation is 1. The minimum atomic E-state index is -0.490. The number of anilines is 2. The molecule has 0 atom stereocenters. The van der Waals surface area contributed by atoms with Gasteiger partial charge in [-0.2, -0.15) is 14.7 Å². The molecule has 1 aromatic carbocycles. The summed E-state index contributed by atoms with van der Waals surface area (Å²) >= 11 is 0. The van der Waals surface area contributed by atoms with Gasteiger partial charge in [0.25, 0.3) is 0 Å². The van der Waals surface area contributed by atoms with E-state index in [9.17, 15) is 9.90 Å². The van der Waals surface area contributed by atoms with Crippen LogP contribution in [0.2, 0.25) is 0 Å². The van der Waals surface area contributed by atoms with Crippen molar-refractivity contribution in [3.63, 3.8) is 0 Å². The van der Waals surface area contributed by atoms with Crippen molar-refractivity contribution in [3.8, 4) is 11.6 Å². The highest BCUT2D eigenvalue weighted by atomic mass is 16.3. The van der Waals surface area contributed by atoms with Crippen LogP contribution in [0.1, 0.15) is 24.2 Å². The molecule has 0 aliphatic heterocycles. The van der Waals surface area contributed by atoms with E-state index in [0.29, 0.717) is 27.9 Å². The SMILES string of the molecule is Cc1nn2c(=NC3CC3)cc(Nc3ccc(-n4cccn4)cc3)nc2c1=Cc1[nH]c(=O)[nH]c1O. The molecule has 0 unspecified atom stereocenters. The van der Waals surface area contributed by atoms with Crippen LogP contribution >= 0.6 is 0 Å². The van der Waals surface area contributed by atoms with Crippen molar-refractivity contribution in [2.45, 2.75) is 25.8 Å². The lowest BCUT2D eigenvalue weighted by Gasteiger charge is -2.08. The van der Waals surface area contributed by atoms with Crippen LogP contribution in [0.3, 0.4) is 0 Å². The molecule has 4 heterocycles. The molecule has 6 rings (SSSR count). The number of hydrogen-bond acceptors (Lipinski definition) is 7. The summed E-state index contributed by atoms with van der Waals surface area (Å²) in [6.45, 7) is 1.85. The summed E-state index contributed by atoms with van der Waals surface area (Å²) in [5, 5.41) is 22.9. The Morgan fingerprint density at radius 1 is 1.24 bits per heavy atom. The lowest BCUT2D eigenvalue weighted by atomic mass is 10.2. The first-order chi connectivity index (χ1) is 16.5. The molecule has 1 fully saturated rings. The maximum absolute atomic E-state index is 11.6. The van der Waals surface area contributed by atoms with Crippen molar-refractivity contribution in [1.82, 2.24) is 34.3 Å². The van der Waals surface area contributed by atoms with Crippen molar-refractivity contribution in [3.05, 3.63) is 81.4 Å². The number of rotatable bonds is 5. The summed E-state index contributed by atoms with van der Waals surface area (Å²) in [5.41, 5.74) is 3.54. The summed E-state index contributed by atoms with van der Waals surface area (Å²) in [6.07, 6.45) is 7.39. The zero-order valence-corrected chi connectivity index (χ0v) is 18.2. The molecule has 0 bridgehead atoms. The molecule has 4 N–H and O–H groups in total. The Morgan fingerprint density at radius 3 is 2.74 bits per heavy atom. The molecule has 0 saturated heterocycles. The van der Waals surface area contributed by atoms with Crippen molar-refractivity contribution in [1.29, 1.82) is 0 Å². The summed E-state index contributed by atoms with van der Waals surface area (Å²) in [7, 11) is 0. The van der Waals surface area contributed by atoms with Crippen molar-refractivity contribution in [2.24, 2.45) is 4.99 Å². The minimum absolute atomic E-state index is 0.238. The molecular weight excluding hydrogens is 434 g/mol. The Balaban J connectivity index is 1.46. The average molecular weight is 455 g/mol. The van der Waals surface area contributed by atoms with Crippen LogP contribution in [0.15, 0.2) is 58.6 Å². The predicted octanol–water partition coefficient (Wildman–Crippen LogP) is 1.30. The molecule has 0 amide bonds. The van der Waals surface area contributed by atoms with E-state index in [4.69, 9.17) is 9.98 Å². The topological polar surface area (TPSA) is 141 Å². The number of aromatic nitrogens is 7. The van der Waals surface area contributed by atoms with Crippen LogP contribution in [0, 0.1) is 6.92 Å². The van der Waals surface area contributed by atoms with E-state index in [2.05, 4.69) is 25.5 Å². The van der Waals surface area contributed by atoms with Gasteiger partial charge in [-0.3, -0.25) is 9.98 Å². The molecule has 1 saturated carbocycles. The lowest BCUT2D eigenvalue weighted by molar-refractivity contribution is 0.454. The van der Waals surface area contributed by atoms with Crippen LogP contribution in [-0.2, 0) is 0 Å². The fourth-order valence-electron chi connectivity index (χ4n) is 3.74. The van der Waals surface area contributed by atoms with Gasteiger partial charge >= 0.3 is 5.69 Å². The molecule has 5 aromatic rings. The van der Waals surface area contributed by atoms with Crippen molar-refractivity contribution >= 4 is 23.2 Å². The summed E-state index contributed by atoms with van der Waals surface area (Å²) in [6, 6.07) is 11.9. The van der Waals surface area contributed by atoms with E-state index in [1.165, 1.54) is 0 Å². The number of H-pyrrole nitrogens is 2. The first kappa shape index (κ1) is 20.0. The Hall–Kier alpha value is -4.67. The Labute approximate surface area is 192 Å². The van der Waals surface area contributed by atoms with Crippen LogP contribution < -0.4 is 21.7 Å². The van der Waals surface area contributed by atoms with Crippen LogP contribution in [0.25, 0.3) is 17.4 Å². The Morgan fingerprint density at radius 2 is 2.06 bits per heavy atom. The lowest BCUT2D eigenvalue weighted by Crippen LogP contribution is -2.19. The number of imidazole rings is 1. The summed E-state index contributed by atoms with van der Waals surface area (Å²) in [4.78, 5) is 26.1. The van der Waals surface area contributed by atoms with Crippen LogP contribution in [0.4, 0.5) is 11.5 Å². The highest BCUT2D eigenvalue weighted by Crippen LogP contribution is 2.23. The normalized spacial score (nSPS) is 14.9. The Bertz CT molecular complexity index is 1670. The maximum Gasteiger partial charge on any atom is 0.326 e. The van der Waals surface area contributed by atoms with Gasteiger partial charge < -0.3 is 15.4 Å². The van der Waals surface area contributed by atoms with E-state index in [0.717, 1.165) is 24.2 Å². The Kier molecular flexibility index (Phi) is 4.54. The van der Waals surface area contributed by atoms with Gasteiger partial charge in [-0.15, -0.1) is 0 Å². The monoisotopic (exact) mass is 455 g/mol. The van der Waals surface area contributed by atoms with E-state index in [-0.39, 0.29) is 17.6 Å². The highest BCUT2D eigenvalue weighted by Gasteiger charge is 2.20. The van der Waals surface area contributed by atoms with Gasteiger partial charge in [0, 0.05) is 29.4 Å². The molecule has 170 valence electrons. The molecular formula is C23H21N9O2. The first-order valence-electron chi connectivity index (χ1n) is 10.9. The fraction of sp³-hybridized carbons (Fsp3) is 0.174. The van der Waals surface area contributed by atoms with Crippen LogP contribution in [-0.4, -0.2) is 45.5 Å². The number of nitrogens with one attached hydrogen (secondary N) is 3. The largest absolute Gasteiger partial charge is 0.493 e. The third-order valence-corrected chi connectivity index (χ3v) is 5.58. The number of fused-ring (bicyclic) bond motifs is 1. The summed E-state index contributed by atoms with van der Waals surface area (Å²) in [5.74, 6) is 0.373. The van der Waals surface area contributed by atoms with Crippen molar-refractivity contribution in [2.75, 3.05) is 5.32 Å². The smallest absolute Gasteiger partial charge is 0.326 e. The standard InChI is InChI=1S/C23H21N9O2/c1-13-17(11-18-22(33)29-23(34)27-18)21-28-19(12-20(32(21)30-13)26-15-3-4-15)25-14-5-7-16(8-6-14)31-10-2-9-24-31/h2,5-12,15,25,33H,3-4H2,1H3,(H2,27,29,34). The maximum atomic E-state index is 11.6. The zero-order valence-electron chi connectivity index (χ0n) is 18.2. The third-order valence-electron chi connectivity index (χ3n) is 5.58. The van der Waals surface area contributed by atoms with Crippen molar-refractivity contribution < 1.29 is 5.11 Å². The predicted molar refractivity (Wildman–Crippen MR) is 125 cm³/mol. The molecule has 0 spiro atoms.